The van der Waals surface area contributed by atoms with Crippen LogP contribution in [-0.4, -0.2) is 0 Å². The summed E-state index contributed by atoms with van der Waals surface area (Å²) in [5, 5.41) is 9.70. The fourth-order valence-electron chi connectivity index (χ4n) is 9.23. The summed E-state index contributed by atoms with van der Waals surface area (Å²) in [6, 6.07) is 84.6. The van der Waals surface area contributed by atoms with Crippen LogP contribution in [0.3, 0.4) is 0 Å². The van der Waals surface area contributed by atoms with E-state index in [-0.39, 0.29) is 0 Å². The SMILES string of the molecule is Cc1ccc(N(c2ccc3ccccc3c2)c2ccc3c(-c4ccccc4)c4cc(N(c5ccc(C)cc5)c5ccc6ccccc6c5)ccc4c(-c4ccccc4)c3c2)cc1. The molecule has 0 aliphatic carbocycles. The quantitative estimate of drug-likeness (QED) is 0.141. The van der Waals surface area contributed by atoms with Crippen LogP contribution in [0.5, 0.6) is 0 Å². The second kappa shape index (κ2) is 15.6. The molecule has 62 heavy (non-hydrogen) atoms. The van der Waals surface area contributed by atoms with Gasteiger partial charge in [0.1, 0.15) is 0 Å². The largest absolute Gasteiger partial charge is 0.310 e. The van der Waals surface area contributed by atoms with Gasteiger partial charge in [-0.1, -0.05) is 169 Å². The van der Waals surface area contributed by atoms with E-state index in [0.717, 1.165) is 34.1 Å². The van der Waals surface area contributed by atoms with Gasteiger partial charge < -0.3 is 9.80 Å². The number of hydrogen-bond acceptors (Lipinski definition) is 2. The van der Waals surface area contributed by atoms with Gasteiger partial charge in [-0.3, -0.25) is 0 Å². The summed E-state index contributed by atoms with van der Waals surface area (Å²) >= 11 is 0. The standard InChI is InChI=1S/C60H44N2/c1-41-21-27-49(28-22-41)61(51-31-25-43-13-9-11-19-47(43)37-51)53-33-35-55-57(39-53)59(45-15-5-3-6-16-45)56-36-34-54(40-58(56)60(55)46-17-7-4-8-18-46)62(50-29-23-42(2)24-30-50)52-32-26-44-14-10-12-20-48(44)38-52/h3-40H,1-2H3. The second-order valence-electron chi connectivity index (χ2n) is 16.3. The Kier molecular flexibility index (Phi) is 9.32. The van der Waals surface area contributed by atoms with Crippen molar-refractivity contribution in [3.05, 3.63) is 242 Å². The van der Waals surface area contributed by atoms with Crippen LogP contribution in [0.25, 0.3) is 65.3 Å². The van der Waals surface area contributed by atoms with E-state index < -0.39 is 0 Å². The molecule has 0 heterocycles. The first-order valence-electron chi connectivity index (χ1n) is 21.4. The van der Waals surface area contributed by atoms with Gasteiger partial charge in [0, 0.05) is 34.1 Å². The van der Waals surface area contributed by atoms with Crippen molar-refractivity contribution in [2.24, 2.45) is 0 Å². The third-order valence-electron chi connectivity index (χ3n) is 12.3. The van der Waals surface area contributed by atoms with Gasteiger partial charge in [-0.05, 0) is 152 Å². The molecule has 0 amide bonds. The van der Waals surface area contributed by atoms with Gasteiger partial charge in [-0.15, -0.1) is 0 Å². The van der Waals surface area contributed by atoms with Crippen molar-refractivity contribution in [1.29, 1.82) is 0 Å². The maximum atomic E-state index is 2.42. The van der Waals surface area contributed by atoms with E-state index in [1.807, 2.05) is 0 Å². The second-order valence-corrected chi connectivity index (χ2v) is 16.3. The highest BCUT2D eigenvalue weighted by molar-refractivity contribution is 6.22. The molecule has 11 aromatic carbocycles. The fraction of sp³-hybridized carbons (Fsp3) is 0.0333. The van der Waals surface area contributed by atoms with Crippen molar-refractivity contribution < 1.29 is 0 Å². The van der Waals surface area contributed by atoms with Crippen molar-refractivity contribution in [3.63, 3.8) is 0 Å². The summed E-state index contributed by atoms with van der Waals surface area (Å²) in [5.74, 6) is 0. The number of aryl methyl sites for hydroxylation is 2. The monoisotopic (exact) mass is 792 g/mol. The first kappa shape index (κ1) is 37.1. The van der Waals surface area contributed by atoms with Gasteiger partial charge in [0.2, 0.25) is 0 Å². The molecule has 0 aromatic heterocycles. The Labute approximate surface area is 363 Å². The lowest BCUT2D eigenvalue weighted by atomic mass is 9.85. The molecule has 294 valence electrons. The minimum absolute atomic E-state index is 1.10. The van der Waals surface area contributed by atoms with Gasteiger partial charge in [-0.2, -0.15) is 0 Å². The van der Waals surface area contributed by atoms with Crippen LogP contribution in [-0.2, 0) is 0 Å². The third kappa shape index (κ3) is 6.73. The lowest BCUT2D eigenvalue weighted by Crippen LogP contribution is -2.10. The Morgan fingerprint density at radius 2 is 0.565 bits per heavy atom. The Morgan fingerprint density at radius 3 is 0.968 bits per heavy atom. The lowest BCUT2D eigenvalue weighted by Gasteiger charge is -2.28. The molecule has 0 fully saturated rings. The van der Waals surface area contributed by atoms with Gasteiger partial charge in [-0.25, -0.2) is 0 Å². The molecule has 0 atom stereocenters. The van der Waals surface area contributed by atoms with Crippen molar-refractivity contribution in [2.75, 3.05) is 9.80 Å². The topological polar surface area (TPSA) is 6.48 Å². The minimum atomic E-state index is 1.10. The molecule has 0 spiro atoms. The first-order chi connectivity index (χ1) is 30.6. The molecule has 0 N–H and O–H groups in total. The summed E-state index contributed by atoms with van der Waals surface area (Å²) < 4.78 is 0. The zero-order valence-corrected chi connectivity index (χ0v) is 34.8. The maximum absolute atomic E-state index is 2.42. The summed E-state index contributed by atoms with van der Waals surface area (Å²) in [6.45, 7) is 4.30. The van der Waals surface area contributed by atoms with E-state index in [1.165, 1.54) is 76.5 Å². The van der Waals surface area contributed by atoms with E-state index in [1.54, 1.807) is 0 Å². The van der Waals surface area contributed by atoms with Crippen molar-refractivity contribution >= 4 is 77.2 Å². The molecule has 2 heteroatoms. The summed E-state index contributed by atoms with van der Waals surface area (Å²) in [6.07, 6.45) is 0. The number of anilines is 6. The molecule has 0 saturated heterocycles. The highest BCUT2D eigenvalue weighted by Crippen LogP contribution is 2.48. The van der Waals surface area contributed by atoms with E-state index >= 15 is 0 Å². The van der Waals surface area contributed by atoms with Crippen LogP contribution in [0, 0.1) is 13.8 Å². The van der Waals surface area contributed by atoms with Crippen molar-refractivity contribution in [1.82, 2.24) is 0 Å². The number of fused-ring (bicyclic) bond motifs is 4. The molecule has 0 unspecified atom stereocenters. The molecular formula is C60H44N2. The number of hydrogen-bond donors (Lipinski definition) is 0. The number of rotatable bonds is 8. The molecular weight excluding hydrogens is 749 g/mol. The van der Waals surface area contributed by atoms with E-state index in [9.17, 15) is 0 Å². The number of benzene rings is 11. The van der Waals surface area contributed by atoms with Crippen molar-refractivity contribution in [3.8, 4) is 22.3 Å². The fourth-order valence-corrected chi connectivity index (χ4v) is 9.23. The molecule has 0 aliphatic rings. The van der Waals surface area contributed by atoms with Crippen LogP contribution in [0.1, 0.15) is 11.1 Å². The average Bonchev–Trinajstić information content (AvgIpc) is 3.32. The smallest absolute Gasteiger partial charge is 0.0468 e. The van der Waals surface area contributed by atoms with Crippen LogP contribution in [0.15, 0.2) is 231 Å². The Balaban J connectivity index is 1.20. The van der Waals surface area contributed by atoms with Gasteiger partial charge in [0.05, 0.1) is 0 Å². The number of nitrogens with zero attached hydrogens (tertiary/aromatic N) is 2. The first-order valence-corrected chi connectivity index (χ1v) is 21.4. The highest BCUT2D eigenvalue weighted by atomic mass is 15.1. The van der Waals surface area contributed by atoms with Crippen LogP contribution < -0.4 is 9.80 Å². The van der Waals surface area contributed by atoms with Crippen LogP contribution in [0.4, 0.5) is 34.1 Å². The van der Waals surface area contributed by atoms with Crippen LogP contribution >= 0.6 is 0 Å². The molecule has 0 saturated carbocycles. The predicted octanol–water partition coefficient (Wildman–Crippen LogP) is 17.2. The van der Waals surface area contributed by atoms with Gasteiger partial charge >= 0.3 is 0 Å². The minimum Gasteiger partial charge on any atom is -0.310 e. The maximum Gasteiger partial charge on any atom is 0.0468 e. The molecule has 11 aromatic rings. The molecule has 0 bridgehead atoms. The Bertz CT molecular complexity index is 3180. The average molecular weight is 793 g/mol. The zero-order valence-electron chi connectivity index (χ0n) is 34.8. The molecule has 11 rings (SSSR count). The lowest BCUT2D eigenvalue weighted by molar-refractivity contribution is 1.28. The van der Waals surface area contributed by atoms with E-state index in [4.69, 9.17) is 0 Å². The van der Waals surface area contributed by atoms with Gasteiger partial charge in [0.25, 0.3) is 0 Å². The van der Waals surface area contributed by atoms with E-state index in [2.05, 4.69) is 254 Å². The molecule has 0 radical (unpaired) electrons. The summed E-state index contributed by atoms with van der Waals surface area (Å²) in [7, 11) is 0. The highest BCUT2D eigenvalue weighted by Gasteiger charge is 2.22. The molecule has 2 nitrogen and oxygen atoms in total. The van der Waals surface area contributed by atoms with E-state index in [0.29, 0.717) is 0 Å². The summed E-state index contributed by atoms with van der Waals surface area (Å²) in [5.41, 5.74) is 13.9. The Morgan fingerprint density at radius 1 is 0.242 bits per heavy atom. The van der Waals surface area contributed by atoms with Crippen LogP contribution in [0.2, 0.25) is 0 Å². The summed E-state index contributed by atoms with van der Waals surface area (Å²) in [4.78, 5) is 4.80. The molecule has 0 aliphatic heterocycles. The van der Waals surface area contributed by atoms with Gasteiger partial charge in [0.15, 0.2) is 0 Å². The normalized spacial score (nSPS) is 11.4. The zero-order chi connectivity index (χ0) is 41.6. The van der Waals surface area contributed by atoms with Crippen molar-refractivity contribution in [2.45, 2.75) is 13.8 Å². The Hall–Kier alpha value is -7.94. The third-order valence-corrected chi connectivity index (χ3v) is 12.3. The predicted molar refractivity (Wildman–Crippen MR) is 266 cm³/mol.